The van der Waals surface area contributed by atoms with Gasteiger partial charge in [-0.25, -0.2) is 8.42 Å². The number of methoxy groups -OCH3 is 1. The molecular weight excluding hydrogens is 314 g/mol. The maximum Gasteiger partial charge on any atom is 0.191 e. The Morgan fingerprint density at radius 2 is 1.83 bits per heavy atom. The van der Waals surface area contributed by atoms with Gasteiger partial charge >= 0.3 is 0 Å². The minimum absolute atomic E-state index is 0.0932. The van der Waals surface area contributed by atoms with E-state index in [2.05, 4.69) is 34.7 Å². The minimum atomic E-state index is -2.96. The van der Waals surface area contributed by atoms with Crippen LogP contribution in [0.5, 0.6) is 5.75 Å². The van der Waals surface area contributed by atoms with E-state index in [9.17, 15) is 8.42 Å². The molecule has 0 bridgehead atoms. The molecule has 1 rings (SSSR count). The molecule has 1 aromatic carbocycles. The summed E-state index contributed by atoms with van der Waals surface area (Å²) in [5, 5.41) is 6.20. The van der Waals surface area contributed by atoms with Gasteiger partial charge in [0.05, 0.1) is 12.9 Å². The van der Waals surface area contributed by atoms with Gasteiger partial charge in [0.1, 0.15) is 15.6 Å². The second-order valence-electron chi connectivity index (χ2n) is 5.52. The summed E-state index contributed by atoms with van der Waals surface area (Å²) < 4.78 is 27.4. The molecule has 6 nitrogen and oxygen atoms in total. The van der Waals surface area contributed by atoms with Crippen molar-refractivity contribution in [3.8, 4) is 5.75 Å². The zero-order chi connectivity index (χ0) is 17.3. The molecule has 0 amide bonds. The summed E-state index contributed by atoms with van der Waals surface area (Å²) in [5.74, 6) is 1.98. The zero-order valence-corrected chi connectivity index (χ0v) is 15.1. The smallest absolute Gasteiger partial charge is 0.191 e. The number of rotatable bonds is 8. The van der Waals surface area contributed by atoms with Gasteiger partial charge < -0.3 is 15.4 Å². The quantitative estimate of drug-likeness (QED) is 0.552. The van der Waals surface area contributed by atoms with E-state index in [1.165, 1.54) is 11.8 Å². The molecule has 0 aliphatic heterocycles. The third kappa shape index (κ3) is 7.88. The summed E-state index contributed by atoms with van der Waals surface area (Å²) in [6.45, 7) is 3.28. The van der Waals surface area contributed by atoms with Gasteiger partial charge in [-0.2, -0.15) is 0 Å². The molecule has 1 aromatic rings. The monoisotopic (exact) mass is 341 g/mol. The van der Waals surface area contributed by atoms with Gasteiger partial charge in [-0.1, -0.05) is 19.1 Å². The number of ether oxygens (including phenoxy) is 1. The number of benzene rings is 1. The predicted octanol–water partition coefficient (Wildman–Crippen LogP) is 1.40. The largest absolute Gasteiger partial charge is 0.497 e. The minimum Gasteiger partial charge on any atom is -0.497 e. The van der Waals surface area contributed by atoms with Crippen LogP contribution < -0.4 is 15.4 Å². The topological polar surface area (TPSA) is 79.8 Å². The van der Waals surface area contributed by atoms with Crippen molar-refractivity contribution < 1.29 is 13.2 Å². The number of hydrogen-bond acceptors (Lipinski definition) is 4. The molecule has 130 valence electrons. The van der Waals surface area contributed by atoms with Gasteiger partial charge in [-0.15, -0.1) is 0 Å². The van der Waals surface area contributed by atoms with E-state index in [-0.39, 0.29) is 5.75 Å². The van der Waals surface area contributed by atoms with Gasteiger partial charge in [0.15, 0.2) is 5.96 Å². The second-order valence-corrected chi connectivity index (χ2v) is 7.78. The highest BCUT2D eigenvalue weighted by molar-refractivity contribution is 7.90. The van der Waals surface area contributed by atoms with Crippen LogP contribution in [0.2, 0.25) is 0 Å². The number of guanidine groups is 1. The molecule has 1 unspecified atom stereocenters. The lowest BCUT2D eigenvalue weighted by molar-refractivity contribution is 0.414. The zero-order valence-electron chi connectivity index (χ0n) is 14.3. The Labute approximate surface area is 139 Å². The highest BCUT2D eigenvalue weighted by atomic mass is 32.2. The fraction of sp³-hybridized carbons (Fsp3) is 0.562. The molecule has 0 aliphatic rings. The summed E-state index contributed by atoms with van der Waals surface area (Å²) in [6, 6.07) is 8.07. The Hall–Kier alpha value is -1.76. The van der Waals surface area contributed by atoms with Gasteiger partial charge in [-0.3, -0.25) is 4.99 Å². The molecule has 0 saturated heterocycles. The highest BCUT2D eigenvalue weighted by Crippen LogP contribution is 2.21. The molecule has 0 saturated carbocycles. The Balaban J connectivity index is 2.35. The molecule has 0 aliphatic carbocycles. The van der Waals surface area contributed by atoms with Gasteiger partial charge in [0, 0.05) is 26.4 Å². The number of nitrogens with zero attached hydrogens (tertiary/aromatic N) is 1. The van der Waals surface area contributed by atoms with Gasteiger partial charge in [-0.05, 0) is 30.0 Å². The van der Waals surface area contributed by atoms with E-state index in [4.69, 9.17) is 4.74 Å². The van der Waals surface area contributed by atoms with E-state index in [0.29, 0.717) is 18.4 Å². The number of hydrogen-bond donors (Lipinski definition) is 2. The van der Waals surface area contributed by atoms with Crippen molar-refractivity contribution >= 4 is 15.8 Å². The van der Waals surface area contributed by atoms with E-state index >= 15 is 0 Å². The number of nitrogens with one attached hydrogen (secondary N) is 2. The Kier molecular flexibility index (Phi) is 7.88. The average molecular weight is 341 g/mol. The second kappa shape index (κ2) is 9.39. The van der Waals surface area contributed by atoms with Crippen LogP contribution in [0.1, 0.15) is 24.8 Å². The summed E-state index contributed by atoms with van der Waals surface area (Å²) in [4.78, 5) is 4.08. The summed E-state index contributed by atoms with van der Waals surface area (Å²) in [7, 11) is 0.368. The number of sulfone groups is 1. The van der Waals surface area contributed by atoms with Crippen molar-refractivity contribution in [3.63, 3.8) is 0 Å². The molecule has 0 radical (unpaired) electrons. The molecule has 7 heteroatoms. The van der Waals surface area contributed by atoms with E-state index in [1.54, 1.807) is 14.2 Å². The predicted molar refractivity (Wildman–Crippen MR) is 95.1 cm³/mol. The van der Waals surface area contributed by atoms with Gasteiger partial charge in [0.25, 0.3) is 0 Å². The van der Waals surface area contributed by atoms with E-state index in [1.807, 2.05) is 12.1 Å². The summed E-state index contributed by atoms with van der Waals surface area (Å²) in [6.07, 6.45) is 2.17. The SMILES string of the molecule is CN=C(NCCC(C)c1ccc(OC)cc1)NCCS(C)(=O)=O. The number of aliphatic imine (C=N–C) groups is 1. The Bertz CT molecular complexity index is 598. The van der Waals surface area contributed by atoms with Crippen LogP contribution in [0.4, 0.5) is 0 Å². The van der Waals surface area contributed by atoms with Crippen LogP contribution in [-0.4, -0.2) is 53.6 Å². The van der Waals surface area contributed by atoms with Crippen molar-refractivity contribution in [2.24, 2.45) is 4.99 Å². The van der Waals surface area contributed by atoms with E-state index in [0.717, 1.165) is 18.7 Å². The Morgan fingerprint density at radius 3 is 2.35 bits per heavy atom. The molecule has 1 atom stereocenters. The molecule has 2 N–H and O–H groups in total. The van der Waals surface area contributed by atoms with Crippen LogP contribution >= 0.6 is 0 Å². The maximum absolute atomic E-state index is 11.1. The molecule has 23 heavy (non-hydrogen) atoms. The van der Waals surface area contributed by atoms with Crippen molar-refractivity contribution in [3.05, 3.63) is 29.8 Å². The molecule has 0 heterocycles. The van der Waals surface area contributed by atoms with Crippen LogP contribution in [0.3, 0.4) is 0 Å². The van der Waals surface area contributed by atoms with E-state index < -0.39 is 9.84 Å². The molecule has 0 fully saturated rings. The lowest BCUT2D eigenvalue weighted by atomic mass is 9.98. The first kappa shape index (κ1) is 19.3. The Morgan fingerprint density at radius 1 is 1.22 bits per heavy atom. The highest BCUT2D eigenvalue weighted by Gasteiger charge is 2.07. The normalized spacial score (nSPS) is 13.5. The van der Waals surface area contributed by atoms with Crippen molar-refractivity contribution in [1.82, 2.24) is 10.6 Å². The standard InChI is InChI=1S/C16H27N3O3S/c1-13(14-5-7-15(22-3)8-6-14)9-10-18-16(17-2)19-11-12-23(4,20)21/h5-8,13H,9-12H2,1-4H3,(H2,17,18,19). The van der Waals surface area contributed by atoms with Crippen molar-refractivity contribution in [2.45, 2.75) is 19.3 Å². The first-order valence-corrected chi connectivity index (χ1v) is 9.68. The molecule has 0 spiro atoms. The molecular formula is C16H27N3O3S. The fourth-order valence-electron chi connectivity index (χ4n) is 2.08. The van der Waals surface area contributed by atoms with Crippen LogP contribution in [0, 0.1) is 0 Å². The fourth-order valence-corrected chi connectivity index (χ4v) is 2.55. The third-order valence-corrected chi connectivity index (χ3v) is 4.49. The molecule has 0 aromatic heterocycles. The summed E-state index contributed by atoms with van der Waals surface area (Å²) in [5.41, 5.74) is 1.26. The van der Waals surface area contributed by atoms with Crippen LogP contribution in [0.15, 0.2) is 29.3 Å². The third-order valence-electron chi connectivity index (χ3n) is 3.54. The lowest BCUT2D eigenvalue weighted by Crippen LogP contribution is -2.40. The van der Waals surface area contributed by atoms with Crippen molar-refractivity contribution in [2.75, 3.05) is 39.3 Å². The lowest BCUT2D eigenvalue weighted by Gasteiger charge is -2.15. The maximum atomic E-state index is 11.1. The van der Waals surface area contributed by atoms with Gasteiger partial charge in [0.2, 0.25) is 0 Å². The first-order valence-electron chi connectivity index (χ1n) is 7.62. The summed E-state index contributed by atoms with van der Waals surface area (Å²) >= 11 is 0. The van der Waals surface area contributed by atoms with Crippen LogP contribution in [0.25, 0.3) is 0 Å². The average Bonchev–Trinajstić information content (AvgIpc) is 2.52. The van der Waals surface area contributed by atoms with Crippen LogP contribution in [-0.2, 0) is 9.84 Å². The van der Waals surface area contributed by atoms with Crippen molar-refractivity contribution in [1.29, 1.82) is 0 Å². The first-order chi connectivity index (χ1) is 10.9.